The van der Waals surface area contributed by atoms with Gasteiger partial charge in [0.25, 0.3) is 0 Å². The quantitative estimate of drug-likeness (QED) is 0.646. The summed E-state index contributed by atoms with van der Waals surface area (Å²) in [5.74, 6) is 0. The predicted molar refractivity (Wildman–Crippen MR) is 92.0 cm³/mol. The number of rotatable bonds is 3. The van der Waals surface area contributed by atoms with Crippen LogP contribution in [0.2, 0.25) is 15.1 Å². The van der Waals surface area contributed by atoms with Crippen molar-refractivity contribution >= 4 is 40.5 Å². The summed E-state index contributed by atoms with van der Waals surface area (Å²) < 4.78 is 0. The molecule has 2 aromatic rings. The van der Waals surface area contributed by atoms with Crippen LogP contribution in [0, 0.1) is 0 Å². The van der Waals surface area contributed by atoms with E-state index in [4.69, 9.17) is 34.8 Å². The van der Waals surface area contributed by atoms with Crippen molar-refractivity contribution < 1.29 is 0 Å². The highest BCUT2D eigenvalue weighted by Gasteiger charge is 2.14. The molecule has 0 aliphatic heterocycles. The van der Waals surface area contributed by atoms with E-state index in [1.54, 1.807) is 12.1 Å². The fourth-order valence-corrected chi connectivity index (χ4v) is 3.41. The molecule has 1 aliphatic rings. The van der Waals surface area contributed by atoms with Gasteiger partial charge < -0.3 is 5.32 Å². The van der Waals surface area contributed by atoms with E-state index in [9.17, 15) is 0 Å². The molecule has 0 amide bonds. The van der Waals surface area contributed by atoms with Gasteiger partial charge in [0.05, 0.1) is 20.8 Å². The van der Waals surface area contributed by atoms with E-state index in [1.165, 1.54) is 36.0 Å². The van der Waals surface area contributed by atoms with Crippen LogP contribution >= 0.6 is 34.8 Å². The molecule has 0 fully saturated rings. The average Bonchev–Trinajstić information content (AvgIpc) is 2.92. The molecule has 0 heterocycles. The first-order valence-corrected chi connectivity index (χ1v) is 8.21. The number of halogens is 3. The molecule has 0 bridgehead atoms. The number of benzene rings is 2. The van der Waals surface area contributed by atoms with Gasteiger partial charge in [0.2, 0.25) is 0 Å². The Morgan fingerprint density at radius 3 is 2.43 bits per heavy atom. The van der Waals surface area contributed by atoms with Crippen molar-refractivity contribution in [1.29, 1.82) is 0 Å². The zero-order valence-corrected chi connectivity index (χ0v) is 14.0. The number of hydrogen-bond acceptors (Lipinski definition) is 1. The van der Waals surface area contributed by atoms with E-state index in [1.807, 2.05) is 0 Å². The van der Waals surface area contributed by atoms with Gasteiger partial charge in [-0.1, -0.05) is 53.0 Å². The van der Waals surface area contributed by atoms with E-state index >= 15 is 0 Å². The molecule has 0 saturated heterocycles. The SMILES string of the molecule is CC(Nc1cc(Cl)c(Cl)cc1Cl)c1ccc2c(c1)CCC2. The molecular weight excluding hydrogens is 325 g/mol. The monoisotopic (exact) mass is 339 g/mol. The number of nitrogens with one attached hydrogen (secondary N) is 1. The maximum atomic E-state index is 6.22. The van der Waals surface area contributed by atoms with E-state index in [2.05, 4.69) is 30.4 Å². The fourth-order valence-electron chi connectivity index (χ4n) is 2.81. The Morgan fingerprint density at radius 1 is 0.905 bits per heavy atom. The Morgan fingerprint density at radius 2 is 1.62 bits per heavy atom. The third-order valence-corrected chi connectivity index (χ3v) is 5.04. The van der Waals surface area contributed by atoms with E-state index in [0.29, 0.717) is 15.1 Å². The maximum Gasteiger partial charge on any atom is 0.0653 e. The van der Waals surface area contributed by atoms with Crippen LogP contribution in [-0.4, -0.2) is 0 Å². The van der Waals surface area contributed by atoms with Crippen molar-refractivity contribution in [2.24, 2.45) is 0 Å². The molecule has 0 radical (unpaired) electrons. The Labute approximate surface area is 140 Å². The van der Waals surface area contributed by atoms with Gasteiger partial charge >= 0.3 is 0 Å². The molecule has 21 heavy (non-hydrogen) atoms. The van der Waals surface area contributed by atoms with Crippen LogP contribution in [0.25, 0.3) is 0 Å². The highest BCUT2D eigenvalue weighted by atomic mass is 35.5. The Balaban J connectivity index is 1.83. The summed E-state index contributed by atoms with van der Waals surface area (Å²) >= 11 is 18.2. The molecule has 1 aliphatic carbocycles. The summed E-state index contributed by atoms with van der Waals surface area (Å²) in [7, 11) is 0. The lowest BCUT2D eigenvalue weighted by Crippen LogP contribution is -2.07. The first-order valence-electron chi connectivity index (χ1n) is 7.07. The smallest absolute Gasteiger partial charge is 0.0653 e. The first kappa shape index (κ1) is 15.0. The molecule has 1 nitrogen and oxygen atoms in total. The van der Waals surface area contributed by atoms with Gasteiger partial charge in [0.1, 0.15) is 0 Å². The first-order chi connectivity index (χ1) is 10.0. The second-order valence-corrected chi connectivity index (χ2v) is 6.72. The summed E-state index contributed by atoms with van der Waals surface area (Å²) in [4.78, 5) is 0. The summed E-state index contributed by atoms with van der Waals surface area (Å²) in [6.07, 6.45) is 3.65. The van der Waals surface area contributed by atoms with Crippen LogP contribution in [0.15, 0.2) is 30.3 Å². The Hall–Kier alpha value is -0.890. The van der Waals surface area contributed by atoms with Gasteiger partial charge in [-0.25, -0.2) is 0 Å². The molecule has 3 rings (SSSR count). The molecule has 1 atom stereocenters. The van der Waals surface area contributed by atoms with Crippen LogP contribution in [0.1, 0.15) is 36.1 Å². The predicted octanol–water partition coefficient (Wildman–Crippen LogP) is 6.31. The van der Waals surface area contributed by atoms with Gasteiger partial charge in [-0.3, -0.25) is 0 Å². The lowest BCUT2D eigenvalue weighted by Gasteiger charge is -2.18. The number of anilines is 1. The standard InChI is InChI=1S/C17H16Cl3N/c1-10(12-6-5-11-3-2-4-13(11)7-12)21-17-9-15(19)14(18)8-16(17)20/h5-10,21H,2-4H2,1H3. The van der Waals surface area contributed by atoms with Crippen molar-refractivity contribution in [3.05, 3.63) is 62.1 Å². The Bertz CT molecular complexity index is 682. The fraction of sp³-hybridized carbons (Fsp3) is 0.294. The minimum absolute atomic E-state index is 0.158. The summed E-state index contributed by atoms with van der Waals surface area (Å²) in [5, 5.41) is 4.97. The highest BCUT2D eigenvalue weighted by molar-refractivity contribution is 6.44. The van der Waals surface area contributed by atoms with Crippen molar-refractivity contribution in [2.75, 3.05) is 5.32 Å². The van der Waals surface area contributed by atoms with Gasteiger partial charge in [-0.15, -0.1) is 0 Å². The summed E-state index contributed by atoms with van der Waals surface area (Å²) in [5.41, 5.74) is 5.02. The number of aryl methyl sites for hydroxylation is 2. The number of fused-ring (bicyclic) bond motifs is 1. The van der Waals surface area contributed by atoms with Crippen LogP contribution < -0.4 is 5.32 Å². The van der Waals surface area contributed by atoms with Crippen LogP contribution in [0.4, 0.5) is 5.69 Å². The van der Waals surface area contributed by atoms with Crippen molar-refractivity contribution in [3.63, 3.8) is 0 Å². The van der Waals surface area contributed by atoms with Gasteiger partial charge in [-0.05, 0) is 55.0 Å². The lowest BCUT2D eigenvalue weighted by atomic mass is 10.0. The third-order valence-electron chi connectivity index (χ3n) is 4.00. The normalized spacial score (nSPS) is 14.9. The maximum absolute atomic E-state index is 6.22. The lowest BCUT2D eigenvalue weighted by molar-refractivity contribution is 0.879. The molecule has 1 N–H and O–H groups in total. The Kier molecular flexibility index (Phi) is 4.35. The highest BCUT2D eigenvalue weighted by Crippen LogP contribution is 2.34. The average molecular weight is 341 g/mol. The van der Waals surface area contributed by atoms with Crippen molar-refractivity contribution in [2.45, 2.75) is 32.2 Å². The molecule has 4 heteroatoms. The van der Waals surface area contributed by atoms with Crippen molar-refractivity contribution in [1.82, 2.24) is 0 Å². The topological polar surface area (TPSA) is 12.0 Å². The van der Waals surface area contributed by atoms with Crippen LogP contribution in [0.5, 0.6) is 0 Å². The molecule has 0 saturated carbocycles. The summed E-state index contributed by atoms with van der Waals surface area (Å²) in [6, 6.07) is 10.3. The molecule has 0 spiro atoms. The summed E-state index contributed by atoms with van der Waals surface area (Å²) in [6.45, 7) is 2.12. The molecule has 0 aromatic heterocycles. The van der Waals surface area contributed by atoms with Gasteiger partial charge in [0.15, 0.2) is 0 Å². The van der Waals surface area contributed by atoms with Crippen LogP contribution in [0.3, 0.4) is 0 Å². The second-order valence-electron chi connectivity index (χ2n) is 5.49. The largest absolute Gasteiger partial charge is 0.377 e. The van der Waals surface area contributed by atoms with E-state index in [0.717, 1.165) is 5.69 Å². The zero-order chi connectivity index (χ0) is 15.0. The van der Waals surface area contributed by atoms with Crippen LogP contribution in [-0.2, 0) is 12.8 Å². The molecule has 2 aromatic carbocycles. The minimum atomic E-state index is 0.158. The minimum Gasteiger partial charge on any atom is -0.377 e. The van der Waals surface area contributed by atoms with Crippen molar-refractivity contribution in [3.8, 4) is 0 Å². The van der Waals surface area contributed by atoms with E-state index in [-0.39, 0.29) is 6.04 Å². The molecular formula is C17H16Cl3N. The number of hydrogen-bond donors (Lipinski definition) is 1. The van der Waals surface area contributed by atoms with Gasteiger partial charge in [0, 0.05) is 6.04 Å². The van der Waals surface area contributed by atoms with E-state index < -0.39 is 0 Å². The van der Waals surface area contributed by atoms with Gasteiger partial charge in [-0.2, -0.15) is 0 Å². The zero-order valence-electron chi connectivity index (χ0n) is 11.7. The molecule has 110 valence electrons. The molecule has 1 unspecified atom stereocenters. The second kappa shape index (κ2) is 6.08. The third kappa shape index (κ3) is 3.15.